The van der Waals surface area contributed by atoms with Gasteiger partial charge in [0.05, 0.1) is 12.7 Å². The van der Waals surface area contributed by atoms with Crippen LogP contribution in [-0.2, 0) is 9.53 Å². The topological polar surface area (TPSA) is 46.6 Å². The third-order valence-electron chi connectivity index (χ3n) is 3.36. The number of alkyl halides is 1. The number of benzene rings is 1. The van der Waals surface area contributed by atoms with Crippen molar-refractivity contribution in [3.8, 4) is 0 Å². The maximum absolute atomic E-state index is 11.9. The number of nitrogens with zero attached hydrogens (tertiary/aromatic N) is 1. The molecule has 1 aliphatic rings. The highest BCUT2D eigenvalue weighted by molar-refractivity contribution is 6.18. The van der Waals surface area contributed by atoms with Gasteiger partial charge in [-0.3, -0.25) is 4.79 Å². The number of ether oxygens (including phenoxy) is 1. The zero-order chi connectivity index (χ0) is 14.0. The normalized spacial score (nSPS) is 18.8. The number of methoxy groups -OCH3 is 1. The Morgan fingerprint density at radius 2 is 2.26 bits per heavy atom. The van der Waals surface area contributed by atoms with Crippen LogP contribution in [-0.4, -0.2) is 31.4 Å². The summed E-state index contributed by atoms with van der Waals surface area (Å²) in [6.07, 6.45) is 0.463. The molecule has 0 N–H and O–H groups in total. The van der Waals surface area contributed by atoms with Crippen molar-refractivity contribution in [3.63, 3.8) is 0 Å². The molecule has 1 atom stereocenters. The Labute approximate surface area is 117 Å². The molecule has 1 fully saturated rings. The summed E-state index contributed by atoms with van der Waals surface area (Å²) in [6, 6.07) is 5.37. The Hall–Kier alpha value is -1.55. The summed E-state index contributed by atoms with van der Waals surface area (Å²) in [7, 11) is 1.35. The SMILES string of the molecule is COC(=O)c1cc(N2CC(CCl)CC2=O)ccc1C. The van der Waals surface area contributed by atoms with Crippen molar-refractivity contribution in [2.75, 3.05) is 24.4 Å². The van der Waals surface area contributed by atoms with Crippen LogP contribution < -0.4 is 4.90 Å². The first kappa shape index (κ1) is 13.9. The monoisotopic (exact) mass is 281 g/mol. The first-order valence-electron chi connectivity index (χ1n) is 6.12. The van der Waals surface area contributed by atoms with E-state index in [1.165, 1.54) is 7.11 Å². The number of halogens is 1. The number of amides is 1. The van der Waals surface area contributed by atoms with Gasteiger partial charge in [-0.05, 0) is 30.5 Å². The molecule has 1 unspecified atom stereocenters. The maximum Gasteiger partial charge on any atom is 0.338 e. The van der Waals surface area contributed by atoms with Gasteiger partial charge in [-0.15, -0.1) is 11.6 Å². The van der Waals surface area contributed by atoms with Crippen molar-refractivity contribution in [2.45, 2.75) is 13.3 Å². The largest absolute Gasteiger partial charge is 0.465 e. The molecule has 0 aliphatic carbocycles. The minimum atomic E-state index is -0.389. The second-order valence-electron chi connectivity index (χ2n) is 4.72. The molecular formula is C14H16ClNO3. The lowest BCUT2D eigenvalue weighted by molar-refractivity contribution is -0.117. The molecule has 1 aromatic rings. The van der Waals surface area contributed by atoms with E-state index in [1.54, 1.807) is 11.0 Å². The molecule has 1 heterocycles. The number of carbonyl (C=O) groups excluding carboxylic acids is 2. The molecule has 5 heteroatoms. The van der Waals surface area contributed by atoms with Crippen LogP contribution in [0.25, 0.3) is 0 Å². The molecule has 0 aromatic heterocycles. The fourth-order valence-electron chi connectivity index (χ4n) is 2.24. The van der Waals surface area contributed by atoms with Crippen LogP contribution in [0.5, 0.6) is 0 Å². The lowest BCUT2D eigenvalue weighted by Crippen LogP contribution is -2.25. The van der Waals surface area contributed by atoms with Gasteiger partial charge >= 0.3 is 5.97 Å². The number of aryl methyl sites for hydroxylation is 1. The second kappa shape index (κ2) is 5.61. The average molecular weight is 282 g/mol. The average Bonchev–Trinajstić information content (AvgIpc) is 2.80. The van der Waals surface area contributed by atoms with Crippen LogP contribution in [0.15, 0.2) is 18.2 Å². The van der Waals surface area contributed by atoms with E-state index in [4.69, 9.17) is 16.3 Å². The fraction of sp³-hybridized carbons (Fsp3) is 0.429. The third kappa shape index (κ3) is 2.73. The van der Waals surface area contributed by atoms with Crippen LogP contribution in [0.3, 0.4) is 0 Å². The van der Waals surface area contributed by atoms with Crippen molar-refractivity contribution in [2.24, 2.45) is 5.92 Å². The summed E-state index contributed by atoms with van der Waals surface area (Å²) in [6.45, 7) is 2.44. The first-order valence-corrected chi connectivity index (χ1v) is 6.65. The van der Waals surface area contributed by atoms with E-state index < -0.39 is 0 Å². The minimum absolute atomic E-state index is 0.0466. The van der Waals surface area contributed by atoms with Gasteiger partial charge in [0.2, 0.25) is 5.91 Å². The number of hydrogen-bond donors (Lipinski definition) is 0. The number of anilines is 1. The number of esters is 1. The Morgan fingerprint density at radius 1 is 1.53 bits per heavy atom. The molecule has 0 saturated carbocycles. The van der Waals surface area contributed by atoms with E-state index in [0.29, 0.717) is 24.4 Å². The smallest absolute Gasteiger partial charge is 0.338 e. The highest BCUT2D eigenvalue weighted by Crippen LogP contribution is 2.27. The third-order valence-corrected chi connectivity index (χ3v) is 3.80. The van der Waals surface area contributed by atoms with Gasteiger partial charge in [-0.1, -0.05) is 6.07 Å². The number of carbonyl (C=O) groups is 2. The second-order valence-corrected chi connectivity index (χ2v) is 5.03. The number of hydrogen-bond acceptors (Lipinski definition) is 3. The maximum atomic E-state index is 11.9. The highest BCUT2D eigenvalue weighted by Gasteiger charge is 2.30. The summed E-state index contributed by atoms with van der Waals surface area (Å²) < 4.78 is 4.74. The zero-order valence-corrected chi connectivity index (χ0v) is 11.7. The van der Waals surface area contributed by atoms with Crippen molar-refractivity contribution in [1.29, 1.82) is 0 Å². The molecule has 0 bridgehead atoms. The Morgan fingerprint density at radius 3 is 2.84 bits per heavy atom. The van der Waals surface area contributed by atoms with Gasteiger partial charge in [-0.25, -0.2) is 4.79 Å². The molecule has 1 saturated heterocycles. The van der Waals surface area contributed by atoms with E-state index in [2.05, 4.69) is 0 Å². The van der Waals surface area contributed by atoms with Crippen LogP contribution >= 0.6 is 11.6 Å². The van der Waals surface area contributed by atoms with Gasteiger partial charge in [-0.2, -0.15) is 0 Å². The van der Waals surface area contributed by atoms with Crippen molar-refractivity contribution in [1.82, 2.24) is 0 Å². The van der Waals surface area contributed by atoms with Gasteiger partial charge in [0.15, 0.2) is 0 Å². The summed E-state index contributed by atoms with van der Waals surface area (Å²) in [4.78, 5) is 25.3. The predicted molar refractivity (Wildman–Crippen MR) is 73.7 cm³/mol. The fourth-order valence-corrected chi connectivity index (χ4v) is 2.45. The predicted octanol–water partition coefficient (Wildman–Crippen LogP) is 2.37. The summed E-state index contributed by atoms with van der Waals surface area (Å²) in [5, 5.41) is 0. The van der Waals surface area contributed by atoms with Gasteiger partial charge in [0, 0.05) is 24.5 Å². The van der Waals surface area contributed by atoms with Gasteiger partial charge < -0.3 is 9.64 Å². The lowest BCUT2D eigenvalue weighted by atomic mass is 10.1. The van der Waals surface area contributed by atoms with Crippen LogP contribution in [0.1, 0.15) is 22.3 Å². The molecule has 4 nitrogen and oxygen atoms in total. The lowest BCUT2D eigenvalue weighted by Gasteiger charge is -2.18. The van der Waals surface area contributed by atoms with E-state index in [9.17, 15) is 9.59 Å². The molecule has 1 aliphatic heterocycles. The van der Waals surface area contributed by atoms with Crippen molar-refractivity contribution in [3.05, 3.63) is 29.3 Å². The molecule has 19 heavy (non-hydrogen) atoms. The first-order chi connectivity index (χ1) is 9.06. The van der Waals surface area contributed by atoms with Crippen molar-refractivity contribution < 1.29 is 14.3 Å². The van der Waals surface area contributed by atoms with Gasteiger partial charge in [0.25, 0.3) is 0 Å². The minimum Gasteiger partial charge on any atom is -0.465 e. The molecule has 102 valence electrons. The van der Waals surface area contributed by atoms with Crippen molar-refractivity contribution >= 4 is 29.2 Å². The van der Waals surface area contributed by atoms with Crippen LogP contribution in [0.4, 0.5) is 5.69 Å². The summed E-state index contributed by atoms with van der Waals surface area (Å²) >= 11 is 5.80. The highest BCUT2D eigenvalue weighted by atomic mass is 35.5. The molecule has 0 spiro atoms. The number of rotatable bonds is 3. The van der Waals surface area contributed by atoms with E-state index >= 15 is 0 Å². The Balaban J connectivity index is 2.31. The molecular weight excluding hydrogens is 266 g/mol. The van der Waals surface area contributed by atoms with E-state index in [0.717, 1.165) is 11.3 Å². The van der Waals surface area contributed by atoms with E-state index in [-0.39, 0.29) is 17.8 Å². The molecule has 0 radical (unpaired) electrons. The molecule has 2 rings (SSSR count). The van der Waals surface area contributed by atoms with Gasteiger partial charge in [0.1, 0.15) is 0 Å². The zero-order valence-electron chi connectivity index (χ0n) is 11.0. The molecule has 1 amide bonds. The van der Waals surface area contributed by atoms with Crippen LogP contribution in [0, 0.1) is 12.8 Å². The quantitative estimate of drug-likeness (QED) is 0.631. The van der Waals surface area contributed by atoms with Crippen LogP contribution in [0.2, 0.25) is 0 Å². The summed E-state index contributed by atoms with van der Waals surface area (Å²) in [5.74, 6) is 0.306. The standard InChI is InChI=1S/C14H16ClNO3/c1-9-3-4-11(6-12(9)14(18)19-2)16-8-10(7-15)5-13(16)17/h3-4,6,10H,5,7-8H2,1-2H3. The Bertz CT molecular complexity index is 515. The Kier molecular flexibility index (Phi) is 4.10. The summed E-state index contributed by atoms with van der Waals surface area (Å²) in [5.41, 5.74) is 2.04. The molecule has 1 aromatic carbocycles. The van der Waals surface area contributed by atoms with E-state index in [1.807, 2.05) is 19.1 Å².